The molecule has 7 aliphatic heterocycles. The molecule has 8 aromatic carbocycles. The molecule has 0 aliphatic carbocycles. The Bertz CT molecular complexity index is 4460. The van der Waals surface area contributed by atoms with E-state index in [1.165, 1.54) is 22.6 Å². The summed E-state index contributed by atoms with van der Waals surface area (Å²) >= 11 is 0. The number of rotatable bonds is 30. The van der Waals surface area contributed by atoms with Gasteiger partial charge >= 0.3 is 0 Å². The highest BCUT2D eigenvalue weighted by Gasteiger charge is 2.42. The lowest BCUT2D eigenvalue weighted by atomic mass is 9.84. The maximum absolute atomic E-state index is 14.0. The van der Waals surface area contributed by atoms with Gasteiger partial charge in [-0.05, 0) is 184 Å². The number of hydrogen-bond donors (Lipinski definition) is 2. The number of likely N-dealkylation sites (N-methyl/N-ethyl adjacent to an activating group) is 2. The van der Waals surface area contributed by atoms with E-state index in [9.17, 15) is 14.4 Å². The van der Waals surface area contributed by atoms with Gasteiger partial charge in [-0.1, -0.05) is 106 Å². The van der Waals surface area contributed by atoms with Gasteiger partial charge in [-0.2, -0.15) is 0 Å². The molecule has 4 fully saturated rings. The minimum Gasteiger partial charge on any atom is -0.493 e. The van der Waals surface area contributed by atoms with Crippen molar-refractivity contribution in [3.8, 4) is 34.5 Å². The van der Waals surface area contributed by atoms with Crippen molar-refractivity contribution < 1.29 is 47.5 Å². The summed E-state index contributed by atoms with van der Waals surface area (Å²) in [6.45, 7) is 28.0. The molecule has 15 rings (SSSR count). The molecule has 7 aliphatic rings. The molecule has 7 heterocycles. The zero-order valence-corrected chi connectivity index (χ0v) is 68.6. The number of benzene rings is 8. The first-order chi connectivity index (χ1) is 55.9. The number of nitrogens with zero attached hydrogens (tertiary/aromatic N) is 9. The minimum absolute atomic E-state index is 0.00324. The molecule has 0 spiro atoms. The fourth-order valence-electron chi connectivity index (χ4n) is 17.8. The zero-order chi connectivity index (χ0) is 79.5. The molecule has 114 heavy (non-hydrogen) atoms. The van der Waals surface area contributed by atoms with Crippen molar-refractivity contribution in [2.75, 3.05) is 187 Å². The highest BCUT2D eigenvalue weighted by molar-refractivity contribution is 6.02. The van der Waals surface area contributed by atoms with Crippen molar-refractivity contribution in [3.05, 3.63) is 225 Å². The van der Waals surface area contributed by atoms with Crippen LogP contribution < -0.4 is 53.8 Å². The molecule has 2 N–H and O–H groups in total. The van der Waals surface area contributed by atoms with Gasteiger partial charge in [-0.15, -0.1) is 0 Å². The summed E-state index contributed by atoms with van der Waals surface area (Å²) in [7, 11) is 9.92. The first kappa shape index (κ1) is 82.0. The van der Waals surface area contributed by atoms with Gasteiger partial charge in [0.1, 0.15) is 0 Å². The van der Waals surface area contributed by atoms with E-state index in [1.807, 2.05) is 108 Å². The van der Waals surface area contributed by atoms with Gasteiger partial charge in [0.2, 0.25) is 0 Å². The van der Waals surface area contributed by atoms with Crippen molar-refractivity contribution >= 4 is 40.5 Å². The number of fused-ring (bicyclic) bond motifs is 3. The number of ether oxygens (including phenoxy) is 7. The van der Waals surface area contributed by atoms with Gasteiger partial charge < -0.3 is 87.9 Å². The van der Waals surface area contributed by atoms with Crippen molar-refractivity contribution in [2.45, 2.75) is 104 Å². The average molecular weight is 1550 g/mol. The molecule has 0 saturated carbocycles. The normalized spacial score (nSPS) is 17.4. The van der Waals surface area contributed by atoms with Crippen LogP contribution in [0.15, 0.2) is 170 Å². The Balaban J connectivity index is 0.000000149. The fraction of sp³-hybridized carbons (Fsp3) is 0.452. The van der Waals surface area contributed by atoms with Crippen LogP contribution in [0.5, 0.6) is 34.5 Å². The third-order valence-corrected chi connectivity index (χ3v) is 24.3. The number of anilines is 4. The summed E-state index contributed by atoms with van der Waals surface area (Å²) in [6.07, 6.45) is 5.53. The van der Waals surface area contributed by atoms with Gasteiger partial charge in [-0.3, -0.25) is 14.4 Å². The number of hydrogen-bond acceptors (Lipinski definition) is 18. The molecule has 8 aromatic rings. The SMILES string of the molecule is CCN1CCC(C(c2ccc(OC)c(OC)c2)N2Cc3c(cccc3N3CCN(CC)CC3)C2=O)CC1.CCN1CCN(c2cccc3c2CN([C@H](CCCNc2ccccc2)c2ccc(OC)c(OC)c2)C3=O)CC1.COc1ccc([C@@H](CCCOCc2ccccc2)N2Cc3c(cccc3N3CCNCC3)C2=O)cc1OC. The van der Waals surface area contributed by atoms with Crippen molar-refractivity contribution in [2.24, 2.45) is 5.92 Å². The van der Waals surface area contributed by atoms with Crippen LogP contribution in [0.4, 0.5) is 22.7 Å². The largest absolute Gasteiger partial charge is 0.493 e. The van der Waals surface area contributed by atoms with E-state index in [-0.39, 0.29) is 35.8 Å². The summed E-state index contributed by atoms with van der Waals surface area (Å²) in [5, 5.41) is 6.93. The lowest BCUT2D eigenvalue weighted by Gasteiger charge is -2.40. The Labute approximate surface area is 675 Å². The van der Waals surface area contributed by atoms with Crippen molar-refractivity contribution in [1.29, 1.82) is 0 Å². The average Bonchev–Trinajstić information content (AvgIpc) is 1.67. The number of nitrogens with one attached hydrogen (secondary N) is 2. The fourth-order valence-corrected chi connectivity index (χ4v) is 17.8. The predicted molar refractivity (Wildman–Crippen MR) is 454 cm³/mol. The summed E-state index contributed by atoms with van der Waals surface area (Å²) in [5.41, 5.74) is 15.1. The molecule has 21 heteroatoms. The van der Waals surface area contributed by atoms with Crippen LogP contribution in [0.2, 0.25) is 0 Å². The first-order valence-electron chi connectivity index (χ1n) is 41.4. The van der Waals surface area contributed by atoms with Crippen LogP contribution in [0, 0.1) is 5.92 Å². The van der Waals surface area contributed by atoms with Gasteiger partial charge in [0.25, 0.3) is 17.7 Å². The van der Waals surface area contributed by atoms with Crippen LogP contribution in [0.25, 0.3) is 0 Å². The third-order valence-electron chi connectivity index (χ3n) is 24.3. The van der Waals surface area contributed by atoms with E-state index in [0.29, 0.717) is 61.8 Å². The number of amides is 3. The van der Waals surface area contributed by atoms with Gasteiger partial charge in [0.05, 0.1) is 67.4 Å². The minimum atomic E-state index is -0.106. The van der Waals surface area contributed by atoms with Crippen molar-refractivity contribution in [1.82, 2.24) is 34.7 Å². The van der Waals surface area contributed by atoms with Gasteiger partial charge in [0, 0.05) is 167 Å². The van der Waals surface area contributed by atoms with Crippen LogP contribution in [-0.4, -0.2) is 214 Å². The molecule has 3 atom stereocenters. The molecule has 21 nitrogen and oxygen atoms in total. The topological polar surface area (TPSA) is 169 Å². The van der Waals surface area contributed by atoms with E-state index < -0.39 is 0 Å². The molecular formula is C93H119N11O10. The summed E-state index contributed by atoms with van der Waals surface area (Å²) in [4.78, 5) is 62.8. The Hall–Kier alpha value is -10.0. The Morgan fingerprint density at radius 1 is 0.404 bits per heavy atom. The second kappa shape index (κ2) is 39.8. The molecule has 3 amide bonds. The molecule has 4 saturated heterocycles. The van der Waals surface area contributed by atoms with Crippen LogP contribution in [0.1, 0.15) is 147 Å². The quantitative estimate of drug-likeness (QED) is 0.0407. The van der Waals surface area contributed by atoms with Crippen LogP contribution >= 0.6 is 0 Å². The Morgan fingerprint density at radius 3 is 1.25 bits per heavy atom. The zero-order valence-electron chi connectivity index (χ0n) is 68.6. The standard InChI is InChI=1S/C32H40N4O3.C31H37N3O4.C30H42N4O3/c1-4-34-18-20-35(21-19-34)29-13-8-12-26-27(29)23-36(32(26)37)28(14-9-17-33-25-10-6-5-7-11-25)24-15-16-30(38-2)31(22-24)39-3;1-36-29-14-13-24(20-30(29)37-2)27(12-7-19-38-22-23-8-4-3-5-9-23)34-21-26-25(31(34)35)10-6-11-28(26)33-17-15-32-16-18-33;1-5-31-14-12-22(13-15-31)29(23-10-11-27(36-3)28(20-23)37-4)34-21-25-24(30(34)35)8-7-9-26(25)33-18-16-32(6-2)17-19-33/h5-8,10-13,15-16,22,28,33H,4,9,14,17-21,23H2,1-3H3;3-6,8-11,13-14,20,27,32H,7,12,15-19,21-22H2,1-2H3;7-11,20,22,29H,5-6,12-19,21H2,1-4H3/t28-;27-;/m11./s1. The predicted octanol–water partition coefficient (Wildman–Crippen LogP) is 14.5. The maximum Gasteiger partial charge on any atom is 0.255 e. The van der Waals surface area contributed by atoms with E-state index in [2.05, 4.69) is 137 Å². The van der Waals surface area contributed by atoms with E-state index in [1.54, 1.807) is 42.7 Å². The second-order valence-corrected chi connectivity index (χ2v) is 30.5. The lowest BCUT2D eigenvalue weighted by molar-refractivity contribution is 0.0537. The number of piperidine rings is 1. The highest BCUT2D eigenvalue weighted by Crippen LogP contribution is 2.47. The van der Waals surface area contributed by atoms with Crippen LogP contribution in [0.3, 0.4) is 0 Å². The number of methoxy groups -OCH3 is 6. The summed E-state index contributed by atoms with van der Waals surface area (Å²) in [6, 6.07) is 57.1. The number of carbonyl (C=O) groups excluding carboxylic acids is 3. The first-order valence-corrected chi connectivity index (χ1v) is 41.4. The molecule has 0 radical (unpaired) electrons. The molecule has 606 valence electrons. The third kappa shape index (κ3) is 19.0. The van der Waals surface area contributed by atoms with Crippen LogP contribution in [-0.2, 0) is 31.0 Å². The second-order valence-electron chi connectivity index (χ2n) is 30.5. The van der Waals surface area contributed by atoms with E-state index in [0.717, 1.165) is 224 Å². The highest BCUT2D eigenvalue weighted by atomic mass is 16.5. The Morgan fingerprint density at radius 2 is 0.798 bits per heavy atom. The number of likely N-dealkylation sites (tertiary alicyclic amines) is 1. The monoisotopic (exact) mass is 1550 g/mol. The number of carbonyl (C=O) groups is 3. The maximum atomic E-state index is 14.0. The van der Waals surface area contributed by atoms with Gasteiger partial charge in [0.15, 0.2) is 34.5 Å². The lowest BCUT2D eigenvalue weighted by Crippen LogP contribution is -2.46. The Kier molecular flexibility index (Phi) is 28.6. The number of para-hydroxylation sites is 1. The van der Waals surface area contributed by atoms with E-state index in [4.69, 9.17) is 33.2 Å². The molecule has 0 aromatic heterocycles. The summed E-state index contributed by atoms with van der Waals surface area (Å²) < 4.78 is 39.4. The number of piperazine rings is 3. The molecular weight excluding hydrogens is 1430 g/mol. The van der Waals surface area contributed by atoms with Crippen molar-refractivity contribution in [3.63, 3.8) is 0 Å². The smallest absolute Gasteiger partial charge is 0.255 e. The molecule has 1 unspecified atom stereocenters. The summed E-state index contributed by atoms with van der Waals surface area (Å²) in [5.74, 6) is 4.90. The molecule has 0 bridgehead atoms. The van der Waals surface area contributed by atoms with E-state index >= 15 is 0 Å². The van der Waals surface area contributed by atoms with Gasteiger partial charge in [-0.25, -0.2) is 0 Å².